The van der Waals surface area contributed by atoms with E-state index in [1.54, 1.807) is 13.8 Å². The summed E-state index contributed by atoms with van der Waals surface area (Å²) < 4.78 is 0. The number of urea groups is 1. The van der Waals surface area contributed by atoms with Crippen molar-refractivity contribution in [1.82, 2.24) is 15.1 Å². The molecule has 2 rings (SSSR count). The Bertz CT molecular complexity index is 368. The number of nitrogens with one attached hydrogen (secondary N) is 1. The van der Waals surface area contributed by atoms with Gasteiger partial charge in [0.2, 0.25) is 0 Å². The Morgan fingerprint density at radius 2 is 2.00 bits per heavy atom. The minimum Gasteiger partial charge on any atom is -0.324 e. The van der Waals surface area contributed by atoms with Crippen molar-refractivity contribution in [2.24, 2.45) is 0 Å². The smallest absolute Gasteiger partial charge is 0.324 e. The van der Waals surface area contributed by atoms with Crippen LogP contribution >= 0.6 is 0 Å². The predicted octanol–water partition coefficient (Wildman–Crippen LogP) is 1.58. The van der Waals surface area contributed by atoms with E-state index in [0.717, 1.165) is 19.5 Å². The van der Waals surface area contributed by atoms with Gasteiger partial charge in [-0.3, -0.25) is 9.69 Å². The summed E-state index contributed by atoms with van der Waals surface area (Å²) in [6, 6.07) is 0.384. The molecule has 0 aromatic rings. The second kappa shape index (κ2) is 5.49. The highest BCUT2D eigenvalue weighted by molar-refractivity contribution is 6.06. The van der Waals surface area contributed by atoms with Gasteiger partial charge in [0.25, 0.3) is 5.91 Å². The molecule has 0 spiro atoms. The third-order valence-corrected chi connectivity index (χ3v) is 4.21. The van der Waals surface area contributed by atoms with E-state index in [2.05, 4.69) is 17.1 Å². The van der Waals surface area contributed by atoms with Crippen LogP contribution in [0, 0.1) is 0 Å². The molecule has 0 aromatic heterocycles. The van der Waals surface area contributed by atoms with Crippen LogP contribution < -0.4 is 5.32 Å². The van der Waals surface area contributed by atoms with Crippen LogP contribution in [0.2, 0.25) is 0 Å². The second-order valence-electron chi connectivity index (χ2n) is 6.25. The molecule has 0 aliphatic carbocycles. The lowest BCUT2D eigenvalue weighted by Gasteiger charge is -2.33. The molecule has 2 saturated heterocycles. The highest BCUT2D eigenvalue weighted by Gasteiger charge is 2.43. The number of amides is 3. The van der Waals surface area contributed by atoms with Crippen LogP contribution in [0.15, 0.2) is 0 Å². The predicted molar refractivity (Wildman–Crippen MR) is 73.8 cm³/mol. The van der Waals surface area contributed by atoms with Crippen molar-refractivity contribution < 1.29 is 9.59 Å². The number of hydrogen-bond donors (Lipinski definition) is 1. The van der Waals surface area contributed by atoms with Gasteiger partial charge in [0, 0.05) is 19.1 Å². The topological polar surface area (TPSA) is 52.6 Å². The first-order valence-electron chi connectivity index (χ1n) is 7.30. The van der Waals surface area contributed by atoms with Gasteiger partial charge in [-0.25, -0.2) is 4.79 Å². The van der Waals surface area contributed by atoms with Gasteiger partial charge in [-0.2, -0.15) is 0 Å². The lowest BCUT2D eigenvalue weighted by Crippen LogP contribution is -2.41. The summed E-state index contributed by atoms with van der Waals surface area (Å²) in [7, 11) is 0. The van der Waals surface area contributed by atoms with E-state index in [1.165, 1.54) is 24.2 Å². The third-order valence-electron chi connectivity index (χ3n) is 4.21. The molecule has 3 amide bonds. The van der Waals surface area contributed by atoms with E-state index in [0.29, 0.717) is 12.6 Å². The first-order valence-corrected chi connectivity index (χ1v) is 7.30. The molecular weight excluding hydrogens is 242 g/mol. The molecular formula is C14H25N3O2. The van der Waals surface area contributed by atoms with E-state index < -0.39 is 5.54 Å². The van der Waals surface area contributed by atoms with Crippen molar-refractivity contribution >= 4 is 11.9 Å². The number of carbonyl (C=O) groups excluding carboxylic acids is 2. The van der Waals surface area contributed by atoms with Gasteiger partial charge in [-0.1, -0.05) is 6.42 Å². The molecule has 2 aliphatic rings. The van der Waals surface area contributed by atoms with E-state index in [4.69, 9.17) is 0 Å². The average Bonchev–Trinajstić information content (AvgIpc) is 2.53. The summed E-state index contributed by atoms with van der Waals surface area (Å²) >= 11 is 0. The maximum absolute atomic E-state index is 12.0. The van der Waals surface area contributed by atoms with Crippen molar-refractivity contribution in [2.75, 3.05) is 19.6 Å². The zero-order chi connectivity index (χ0) is 14.0. The molecule has 1 atom stereocenters. The summed E-state index contributed by atoms with van der Waals surface area (Å²) in [4.78, 5) is 27.6. The van der Waals surface area contributed by atoms with Crippen molar-refractivity contribution in [2.45, 2.75) is 58.0 Å². The number of piperidine rings is 1. The van der Waals surface area contributed by atoms with E-state index in [9.17, 15) is 9.59 Å². The molecule has 19 heavy (non-hydrogen) atoms. The van der Waals surface area contributed by atoms with Gasteiger partial charge >= 0.3 is 6.03 Å². The fraction of sp³-hybridized carbons (Fsp3) is 0.857. The van der Waals surface area contributed by atoms with Crippen molar-refractivity contribution in [1.29, 1.82) is 0 Å². The number of imide groups is 1. The van der Waals surface area contributed by atoms with E-state index in [-0.39, 0.29) is 11.9 Å². The molecule has 1 N–H and O–H groups in total. The zero-order valence-corrected chi connectivity index (χ0v) is 12.2. The molecule has 0 unspecified atom stereocenters. The number of nitrogens with zero attached hydrogens (tertiary/aromatic N) is 2. The Morgan fingerprint density at radius 3 is 2.58 bits per heavy atom. The van der Waals surface area contributed by atoms with Crippen molar-refractivity contribution in [3.8, 4) is 0 Å². The lowest BCUT2D eigenvalue weighted by atomic mass is 10.0. The maximum Gasteiger partial charge on any atom is 0.325 e. The summed E-state index contributed by atoms with van der Waals surface area (Å²) in [6.45, 7) is 8.40. The number of likely N-dealkylation sites (tertiary alicyclic amines) is 1. The molecule has 0 saturated carbocycles. The zero-order valence-electron chi connectivity index (χ0n) is 12.2. The Hall–Kier alpha value is -1.10. The molecule has 0 radical (unpaired) electrons. The number of carbonyl (C=O) groups is 2. The minimum atomic E-state index is -0.741. The molecule has 2 heterocycles. The summed E-state index contributed by atoms with van der Waals surface area (Å²) in [5.41, 5.74) is -0.741. The third kappa shape index (κ3) is 3.08. The van der Waals surface area contributed by atoms with Crippen LogP contribution in [0.25, 0.3) is 0 Å². The van der Waals surface area contributed by atoms with E-state index >= 15 is 0 Å². The number of rotatable bonds is 4. The first kappa shape index (κ1) is 14.3. The largest absolute Gasteiger partial charge is 0.325 e. The highest BCUT2D eigenvalue weighted by Crippen LogP contribution is 2.19. The maximum atomic E-state index is 12.0. The van der Waals surface area contributed by atoms with Gasteiger partial charge in [-0.05, 0) is 46.6 Å². The number of hydrogen-bond acceptors (Lipinski definition) is 3. The molecule has 108 valence electrons. The van der Waals surface area contributed by atoms with Gasteiger partial charge in [0.15, 0.2) is 0 Å². The summed E-state index contributed by atoms with van der Waals surface area (Å²) in [6.07, 6.45) is 4.70. The second-order valence-corrected chi connectivity index (χ2v) is 6.25. The Kier molecular flexibility index (Phi) is 4.13. The van der Waals surface area contributed by atoms with Crippen molar-refractivity contribution in [3.63, 3.8) is 0 Å². The van der Waals surface area contributed by atoms with Gasteiger partial charge in [0.05, 0.1) is 0 Å². The molecule has 0 aromatic carbocycles. The van der Waals surface area contributed by atoms with Crippen molar-refractivity contribution in [3.05, 3.63) is 0 Å². The molecule has 5 heteroatoms. The summed E-state index contributed by atoms with van der Waals surface area (Å²) in [5.74, 6) is -0.107. The molecule has 5 nitrogen and oxygen atoms in total. The fourth-order valence-corrected chi connectivity index (χ4v) is 2.94. The Labute approximate surface area is 115 Å². The van der Waals surface area contributed by atoms with Crippen LogP contribution in [0.5, 0.6) is 0 Å². The lowest BCUT2D eigenvalue weighted by molar-refractivity contribution is -0.130. The Morgan fingerprint density at radius 1 is 1.26 bits per heavy atom. The first-order chi connectivity index (χ1) is 8.92. The minimum absolute atomic E-state index is 0.107. The SMILES string of the molecule is C[C@@H]1CCCCN1CCCN1C(=O)NC(C)(C)C1=O. The monoisotopic (exact) mass is 267 g/mol. The Balaban J connectivity index is 1.79. The van der Waals surface area contributed by atoms with Crippen LogP contribution in [-0.4, -0.2) is 53.0 Å². The standard InChI is InChI=1S/C14H25N3O2/c1-11-7-4-5-8-16(11)9-6-10-17-12(18)14(2,3)15-13(17)19/h11H,4-10H2,1-3H3,(H,15,19)/t11-/m1/s1. The van der Waals surface area contributed by atoms with Crippen LogP contribution in [0.3, 0.4) is 0 Å². The average molecular weight is 267 g/mol. The molecule has 2 aliphatic heterocycles. The molecule has 2 fully saturated rings. The molecule has 0 bridgehead atoms. The normalized spacial score (nSPS) is 27.7. The summed E-state index contributed by atoms with van der Waals surface area (Å²) in [5, 5.41) is 2.71. The van der Waals surface area contributed by atoms with Crippen LogP contribution in [0.4, 0.5) is 4.79 Å². The van der Waals surface area contributed by atoms with Gasteiger partial charge in [-0.15, -0.1) is 0 Å². The van der Waals surface area contributed by atoms with E-state index in [1.807, 2.05) is 0 Å². The highest BCUT2D eigenvalue weighted by atomic mass is 16.2. The van der Waals surface area contributed by atoms with Crippen LogP contribution in [0.1, 0.15) is 46.5 Å². The fourth-order valence-electron chi connectivity index (χ4n) is 2.94. The van der Waals surface area contributed by atoms with Gasteiger partial charge < -0.3 is 10.2 Å². The van der Waals surface area contributed by atoms with Gasteiger partial charge in [0.1, 0.15) is 5.54 Å². The van der Waals surface area contributed by atoms with Crippen LogP contribution in [-0.2, 0) is 4.79 Å². The quantitative estimate of drug-likeness (QED) is 0.787.